The highest BCUT2D eigenvalue weighted by atomic mass is 35.5. The molecule has 1 saturated heterocycles. The van der Waals surface area contributed by atoms with Crippen LogP contribution in [0.3, 0.4) is 0 Å². The number of anilines is 1. The highest BCUT2D eigenvalue weighted by Crippen LogP contribution is 2.31. The van der Waals surface area contributed by atoms with Gasteiger partial charge in [0.15, 0.2) is 11.7 Å². The Kier molecular flexibility index (Phi) is 7.81. The van der Waals surface area contributed by atoms with Crippen LogP contribution in [0.25, 0.3) is 10.2 Å². The van der Waals surface area contributed by atoms with E-state index in [2.05, 4.69) is 9.88 Å². The van der Waals surface area contributed by atoms with E-state index in [1.165, 1.54) is 11.3 Å². The Labute approximate surface area is 196 Å². The van der Waals surface area contributed by atoms with E-state index in [-0.39, 0.29) is 12.5 Å². The molecule has 0 N–H and O–H groups in total. The normalized spacial score (nSPS) is 14.4. The van der Waals surface area contributed by atoms with Crippen LogP contribution in [0.15, 0.2) is 42.5 Å². The molecule has 1 aliphatic heterocycles. The van der Waals surface area contributed by atoms with E-state index in [4.69, 9.17) is 25.8 Å². The van der Waals surface area contributed by atoms with Crippen LogP contribution >= 0.6 is 22.9 Å². The fraction of sp³-hybridized carbons (Fsp3) is 0.391. The molecule has 4 rings (SSSR count). The van der Waals surface area contributed by atoms with Gasteiger partial charge in [-0.2, -0.15) is 0 Å². The Morgan fingerprint density at radius 2 is 1.88 bits per heavy atom. The van der Waals surface area contributed by atoms with E-state index in [0.717, 1.165) is 35.6 Å². The average Bonchev–Trinajstić information content (AvgIpc) is 3.22. The van der Waals surface area contributed by atoms with Crippen molar-refractivity contribution in [1.29, 1.82) is 0 Å². The molecule has 0 bridgehead atoms. The van der Waals surface area contributed by atoms with Crippen molar-refractivity contribution >= 4 is 44.2 Å². The number of thiazole rings is 1. The smallest absolute Gasteiger partial charge is 0.266 e. The van der Waals surface area contributed by atoms with Crippen LogP contribution in [0, 0.1) is 0 Å². The van der Waals surface area contributed by atoms with Crippen LogP contribution in [0.5, 0.6) is 11.5 Å². The maximum Gasteiger partial charge on any atom is 0.266 e. The van der Waals surface area contributed by atoms with E-state index in [0.29, 0.717) is 42.3 Å². The summed E-state index contributed by atoms with van der Waals surface area (Å²) in [6, 6.07) is 12.8. The van der Waals surface area contributed by atoms with Crippen molar-refractivity contribution in [3.63, 3.8) is 0 Å². The Bertz CT molecular complexity index is 1040. The molecule has 9 heteroatoms. The third-order valence-corrected chi connectivity index (χ3v) is 6.39. The van der Waals surface area contributed by atoms with E-state index >= 15 is 0 Å². The van der Waals surface area contributed by atoms with Gasteiger partial charge in [0.1, 0.15) is 11.5 Å². The highest BCUT2D eigenvalue weighted by Gasteiger charge is 2.22. The second kappa shape index (κ2) is 11.0. The lowest BCUT2D eigenvalue weighted by atomic mass is 10.3. The largest absolute Gasteiger partial charge is 0.494 e. The summed E-state index contributed by atoms with van der Waals surface area (Å²) in [5.74, 6) is 1.25. The van der Waals surface area contributed by atoms with Gasteiger partial charge < -0.3 is 14.2 Å². The molecule has 32 heavy (non-hydrogen) atoms. The number of morpholine rings is 1. The molecule has 0 spiro atoms. The first-order valence-electron chi connectivity index (χ1n) is 10.6. The van der Waals surface area contributed by atoms with Crippen LogP contribution in [0.4, 0.5) is 5.13 Å². The van der Waals surface area contributed by atoms with Gasteiger partial charge in [-0.05, 0) is 49.4 Å². The Morgan fingerprint density at radius 1 is 1.16 bits per heavy atom. The van der Waals surface area contributed by atoms with E-state index in [9.17, 15) is 4.79 Å². The highest BCUT2D eigenvalue weighted by molar-refractivity contribution is 7.22. The molecule has 7 nitrogen and oxygen atoms in total. The fourth-order valence-electron chi connectivity index (χ4n) is 3.42. The van der Waals surface area contributed by atoms with E-state index in [1.54, 1.807) is 17.0 Å². The number of carbonyl (C=O) groups excluding carboxylic acids is 1. The van der Waals surface area contributed by atoms with E-state index in [1.807, 2.05) is 37.3 Å². The third kappa shape index (κ3) is 5.89. The topological polar surface area (TPSA) is 64.1 Å². The minimum absolute atomic E-state index is 0.0756. The predicted octanol–water partition coefficient (Wildman–Crippen LogP) is 4.09. The van der Waals surface area contributed by atoms with Gasteiger partial charge in [0.2, 0.25) is 0 Å². The first kappa shape index (κ1) is 22.8. The van der Waals surface area contributed by atoms with Crippen molar-refractivity contribution in [2.75, 3.05) is 57.5 Å². The zero-order valence-corrected chi connectivity index (χ0v) is 19.5. The molecular weight excluding hydrogens is 450 g/mol. The van der Waals surface area contributed by atoms with Crippen molar-refractivity contribution in [2.24, 2.45) is 0 Å². The molecule has 1 aliphatic rings. The first-order valence-corrected chi connectivity index (χ1v) is 11.8. The van der Waals surface area contributed by atoms with Crippen molar-refractivity contribution in [3.8, 4) is 11.5 Å². The molecule has 0 atom stereocenters. The Hall–Kier alpha value is -2.39. The van der Waals surface area contributed by atoms with Gasteiger partial charge in [-0.1, -0.05) is 22.9 Å². The van der Waals surface area contributed by atoms with Crippen molar-refractivity contribution in [1.82, 2.24) is 9.88 Å². The van der Waals surface area contributed by atoms with Crippen LogP contribution < -0.4 is 14.4 Å². The first-order chi connectivity index (χ1) is 15.6. The standard InChI is InChI=1S/C23H26ClN3O4S/c1-2-30-18-4-6-19(7-5-18)31-16-22(28)27(10-9-26-11-13-29-14-12-26)23-25-20-8-3-17(24)15-21(20)32-23/h3-8,15H,2,9-14,16H2,1H3. The molecule has 1 amide bonds. The summed E-state index contributed by atoms with van der Waals surface area (Å²) in [5, 5.41) is 1.30. The third-order valence-electron chi connectivity index (χ3n) is 5.11. The number of hydrogen-bond donors (Lipinski definition) is 0. The van der Waals surface area contributed by atoms with Crippen LogP contribution in [-0.4, -0.2) is 68.4 Å². The van der Waals surface area contributed by atoms with E-state index < -0.39 is 0 Å². The molecule has 3 aromatic rings. The summed E-state index contributed by atoms with van der Waals surface area (Å²) in [4.78, 5) is 21.9. The zero-order valence-electron chi connectivity index (χ0n) is 18.0. The number of halogens is 1. The minimum atomic E-state index is -0.141. The molecular formula is C23H26ClN3O4S. The van der Waals surface area contributed by atoms with Gasteiger partial charge >= 0.3 is 0 Å². The molecule has 0 saturated carbocycles. The quantitative estimate of drug-likeness (QED) is 0.464. The lowest BCUT2D eigenvalue weighted by molar-refractivity contribution is -0.120. The predicted molar refractivity (Wildman–Crippen MR) is 127 cm³/mol. The Balaban J connectivity index is 1.47. The number of amides is 1. The van der Waals surface area contributed by atoms with Gasteiger partial charge in [0.25, 0.3) is 5.91 Å². The molecule has 1 fully saturated rings. The number of ether oxygens (including phenoxy) is 3. The second-order valence-corrected chi connectivity index (χ2v) is 8.75. The number of fused-ring (bicyclic) bond motifs is 1. The number of rotatable bonds is 9. The molecule has 0 aliphatic carbocycles. The second-order valence-electron chi connectivity index (χ2n) is 7.30. The van der Waals surface area contributed by atoms with Crippen molar-refractivity contribution < 1.29 is 19.0 Å². The van der Waals surface area contributed by atoms with Crippen molar-refractivity contribution in [2.45, 2.75) is 6.92 Å². The SMILES string of the molecule is CCOc1ccc(OCC(=O)N(CCN2CCOCC2)c2nc3ccc(Cl)cc3s2)cc1. The molecule has 2 aromatic carbocycles. The monoisotopic (exact) mass is 475 g/mol. The minimum Gasteiger partial charge on any atom is -0.494 e. The maximum absolute atomic E-state index is 13.2. The molecule has 0 unspecified atom stereocenters. The van der Waals surface area contributed by atoms with Crippen LogP contribution in [0.2, 0.25) is 5.02 Å². The van der Waals surface area contributed by atoms with Crippen molar-refractivity contribution in [3.05, 3.63) is 47.5 Å². The van der Waals surface area contributed by atoms with Gasteiger partial charge in [0, 0.05) is 31.2 Å². The lowest BCUT2D eigenvalue weighted by Crippen LogP contribution is -2.44. The maximum atomic E-state index is 13.2. The van der Waals surface area contributed by atoms with Crippen LogP contribution in [-0.2, 0) is 9.53 Å². The van der Waals surface area contributed by atoms with Gasteiger partial charge in [-0.3, -0.25) is 14.6 Å². The average molecular weight is 476 g/mol. The van der Waals surface area contributed by atoms with Gasteiger partial charge in [0.05, 0.1) is 30.0 Å². The van der Waals surface area contributed by atoms with Crippen LogP contribution in [0.1, 0.15) is 6.92 Å². The number of aromatic nitrogens is 1. The summed E-state index contributed by atoms with van der Waals surface area (Å²) < 4.78 is 17.6. The molecule has 0 radical (unpaired) electrons. The Morgan fingerprint density at radius 3 is 2.59 bits per heavy atom. The summed E-state index contributed by atoms with van der Waals surface area (Å²) in [5.41, 5.74) is 0.825. The molecule has 1 aromatic heterocycles. The number of nitrogens with zero attached hydrogens (tertiary/aromatic N) is 3. The number of hydrogen-bond acceptors (Lipinski definition) is 7. The fourth-order valence-corrected chi connectivity index (χ4v) is 4.70. The van der Waals surface area contributed by atoms with Gasteiger partial charge in [-0.25, -0.2) is 4.98 Å². The summed E-state index contributed by atoms with van der Waals surface area (Å²) >= 11 is 7.59. The molecule has 170 valence electrons. The number of carbonyl (C=O) groups is 1. The lowest BCUT2D eigenvalue weighted by Gasteiger charge is -2.29. The van der Waals surface area contributed by atoms with Gasteiger partial charge in [-0.15, -0.1) is 0 Å². The summed E-state index contributed by atoms with van der Waals surface area (Å²) in [6.07, 6.45) is 0. The number of benzene rings is 2. The molecule has 2 heterocycles. The zero-order chi connectivity index (χ0) is 22.3. The summed E-state index contributed by atoms with van der Waals surface area (Å²) in [7, 11) is 0. The summed E-state index contributed by atoms with van der Waals surface area (Å²) in [6.45, 7) is 6.89.